The summed E-state index contributed by atoms with van der Waals surface area (Å²) < 4.78 is 13.8. The van der Waals surface area contributed by atoms with E-state index in [-0.39, 0.29) is 5.56 Å². The van der Waals surface area contributed by atoms with Gasteiger partial charge in [0.1, 0.15) is 5.82 Å². The third-order valence-corrected chi connectivity index (χ3v) is 3.71. The molecular formula is C15H15FN2OS. The molecule has 104 valence electrons. The molecule has 0 saturated carbocycles. The zero-order chi connectivity index (χ0) is 14.5. The van der Waals surface area contributed by atoms with Crippen molar-refractivity contribution < 1.29 is 9.18 Å². The second kappa shape index (κ2) is 6.43. The number of benzene rings is 2. The minimum atomic E-state index is -0.629. The molecule has 0 aliphatic carbocycles. The number of primary amides is 1. The fourth-order valence-corrected chi connectivity index (χ4v) is 2.40. The summed E-state index contributed by atoms with van der Waals surface area (Å²) >= 11 is 1.62. The second-order valence-corrected chi connectivity index (χ2v) is 5.07. The van der Waals surface area contributed by atoms with E-state index in [1.54, 1.807) is 17.8 Å². The summed E-state index contributed by atoms with van der Waals surface area (Å²) in [6, 6.07) is 12.1. The summed E-state index contributed by atoms with van der Waals surface area (Å²) in [7, 11) is 0. The first-order chi connectivity index (χ1) is 9.61. The number of anilines is 1. The highest BCUT2D eigenvalue weighted by molar-refractivity contribution is 7.98. The van der Waals surface area contributed by atoms with Gasteiger partial charge in [-0.2, -0.15) is 0 Å². The van der Waals surface area contributed by atoms with Crippen LogP contribution in [0.2, 0.25) is 0 Å². The van der Waals surface area contributed by atoms with Crippen LogP contribution < -0.4 is 11.1 Å². The maximum Gasteiger partial charge on any atom is 0.248 e. The molecule has 0 aromatic heterocycles. The number of hydrogen-bond acceptors (Lipinski definition) is 3. The average molecular weight is 290 g/mol. The van der Waals surface area contributed by atoms with Gasteiger partial charge in [-0.3, -0.25) is 4.79 Å². The van der Waals surface area contributed by atoms with Crippen LogP contribution in [0.1, 0.15) is 15.9 Å². The Hall–Kier alpha value is -2.01. The van der Waals surface area contributed by atoms with Gasteiger partial charge in [0.15, 0.2) is 0 Å². The van der Waals surface area contributed by atoms with Crippen molar-refractivity contribution in [1.29, 1.82) is 0 Å². The number of para-hydroxylation sites is 1. The van der Waals surface area contributed by atoms with Gasteiger partial charge in [-0.05, 0) is 30.5 Å². The van der Waals surface area contributed by atoms with E-state index in [1.165, 1.54) is 12.1 Å². The molecule has 1 amide bonds. The molecular weight excluding hydrogens is 275 g/mol. The van der Waals surface area contributed by atoms with E-state index >= 15 is 0 Å². The standard InChI is InChI=1S/C15H15FN2OS/c1-20-14-5-3-2-4-13(14)18-9-11-7-6-10(15(17)19)8-12(11)16/h2-8,18H,9H2,1H3,(H2,17,19). The minimum Gasteiger partial charge on any atom is -0.380 e. The Morgan fingerprint density at radius 3 is 2.70 bits per heavy atom. The van der Waals surface area contributed by atoms with Crippen LogP contribution in [0.25, 0.3) is 0 Å². The fourth-order valence-electron chi connectivity index (χ4n) is 1.83. The first kappa shape index (κ1) is 14.4. The van der Waals surface area contributed by atoms with Crippen LogP contribution in [-0.2, 0) is 6.54 Å². The number of nitrogens with two attached hydrogens (primary N) is 1. The maximum absolute atomic E-state index is 13.8. The smallest absolute Gasteiger partial charge is 0.248 e. The Labute approximate surface area is 121 Å². The number of rotatable bonds is 5. The second-order valence-electron chi connectivity index (χ2n) is 4.22. The summed E-state index contributed by atoms with van der Waals surface area (Å²) in [5, 5.41) is 3.19. The molecule has 3 N–H and O–H groups in total. The van der Waals surface area contributed by atoms with Crippen molar-refractivity contribution in [3.05, 3.63) is 59.4 Å². The third kappa shape index (κ3) is 3.30. The highest BCUT2D eigenvalue weighted by atomic mass is 32.2. The van der Waals surface area contributed by atoms with E-state index in [1.807, 2.05) is 30.5 Å². The summed E-state index contributed by atoms with van der Waals surface area (Å²) in [5.41, 5.74) is 6.74. The van der Waals surface area contributed by atoms with Crippen LogP contribution in [-0.4, -0.2) is 12.2 Å². The Kier molecular flexibility index (Phi) is 4.63. The van der Waals surface area contributed by atoms with Crippen LogP contribution in [0.5, 0.6) is 0 Å². The van der Waals surface area contributed by atoms with Gasteiger partial charge in [-0.1, -0.05) is 18.2 Å². The lowest BCUT2D eigenvalue weighted by molar-refractivity contribution is 0.1000. The van der Waals surface area contributed by atoms with Crippen molar-refractivity contribution in [1.82, 2.24) is 0 Å². The minimum absolute atomic E-state index is 0.177. The zero-order valence-corrected chi connectivity index (χ0v) is 11.8. The number of hydrogen-bond donors (Lipinski definition) is 2. The van der Waals surface area contributed by atoms with E-state index in [9.17, 15) is 9.18 Å². The molecule has 2 rings (SSSR count). The molecule has 0 unspecified atom stereocenters. The predicted molar refractivity (Wildman–Crippen MR) is 80.5 cm³/mol. The summed E-state index contributed by atoms with van der Waals surface area (Å²) in [6.45, 7) is 0.350. The first-order valence-electron chi connectivity index (χ1n) is 6.07. The Bertz CT molecular complexity index is 631. The summed E-state index contributed by atoms with van der Waals surface area (Å²) in [4.78, 5) is 12.1. The molecule has 0 fully saturated rings. The molecule has 2 aromatic carbocycles. The van der Waals surface area contributed by atoms with Crippen molar-refractivity contribution in [2.75, 3.05) is 11.6 Å². The van der Waals surface area contributed by atoms with Crippen molar-refractivity contribution in [3.63, 3.8) is 0 Å². The quantitative estimate of drug-likeness (QED) is 0.831. The molecule has 0 spiro atoms. The van der Waals surface area contributed by atoms with Gasteiger partial charge in [-0.15, -0.1) is 11.8 Å². The van der Waals surface area contributed by atoms with Crippen molar-refractivity contribution in [2.24, 2.45) is 5.73 Å². The molecule has 0 heterocycles. The SMILES string of the molecule is CSc1ccccc1NCc1ccc(C(N)=O)cc1F. The van der Waals surface area contributed by atoms with Crippen LogP contribution in [0.4, 0.5) is 10.1 Å². The number of carbonyl (C=O) groups excluding carboxylic acids is 1. The van der Waals surface area contributed by atoms with Crippen LogP contribution >= 0.6 is 11.8 Å². The van der Waals surface area contributed by atoms with Gasteiger partial charge in [0.2, 0.25) is 5.91 Å². The Morgan fingerprint density at radius 2 is 2.05 bits per heavy atom. The van der Waals surface area contributed by atoms with Crippen molar-refractivity contribution in [3.8, 4) is 0 Å². The van der Waals surface area contributed by atoms with E-state index in [2.05, 4.69) is 5.32 Å². The molecule has 3 nitrogen and oxygen atoms in total. The maximum atomic E-state index is 13.8. The van der Waals surface area contributed by atoms with Crippen LogP contribution in [0.3, 0.4) is 0 Å². The highest BCUT2D eigenvalue weighted by Crippen LogP contribution is 2.25. The molecule has 0 atom stereocenters. The number of halogens is 1. The molecule has 0 radical (unpaired) electrons. The van der Waals surface area contributed by atoms with Crippen molar-refractivity contribution >= 4 is 23.4 Å². The third-order valence-electron chi connectivity index (χ3n) is 2.91. The number of amides is 1. The molecule has 0 bridgehead atoms. The Balaban J connectivity index is 2.13. The molecule has 5 heteroatoms. The van der Waals surface area contributed by atoms with Crippen LogP contribution in [0.15, 0.2) is 47.4 Å². The number of carbonyl (C=O) groups is 1. The number of thioether (sulfide) groups is 1. The van der Waals surface area contributed by atoms with Crippen LogP contribution in [0, 0.1) is 5.82 Å². The first-order valence-corrected chi connectivity index (χ1v) is 7.29. The van der Waals surface area contributed by atoms with Gasteiger partial charge in [-0.25, -0.2) is 4.39 Å². The van der Waals surface area contributed by atoms with Crippen molar-refractivity contribution in [2.45, 2.75) is 11.4 Å². The molecule has 0 aliphatic rings. The topological polar surface area (TPSA) is 55.1 Å². The lowest BCUT2D eigenvalue weighted by Gasteiger charge is -2.11. The monoisotopic (exact) mass is 290 g/mol. The van der Waals surface area contributed by atoms with E-state index < -0.39 is 11.7 Å². The zero-order valence-electron chi connectivity index (χ0n) is 11.0. The van der Waals surface area contributed by atoms with E-state index in [0.29, 0.717) is 12.1 Å². The van der Waals surface area contributed by atoms with E-state index in [4.69, 9.17) is 5.73 Å². The molecule has 0 aliphatic heterocycles. The average Bonchev–Trinajstić information content (AvgIpc) is 2.46. The van der Waals surface area contributed by atoms with Gasteiger partial charge >= 0.3 is 0 Å². The van der Waals surface area contributed by atoms with Gasteiger partial charge in [0.25, 0.3) is 0 Å². The Morgan fingerprint density at radius 1 is 1.30 bits per heavy atom. The highest BCUT2D eigenvalue weighted by Gasteiger charge is 2.07. The lowest BCUT2D eigenvalue weighted by atomic mass is 10.1. The van der Waals surface area contributed by atoms with Gasteiger partial charge in [0.05, 0.1) is 0 Å². The van der Waals surface area contributed by atoms with Gasteiger partial charge < -0.3 is 11.1 Å². The van der Waals surface area contributed by atoms with E-state index in [0.717, 1.165) is 10.6 Å². The normalized spacial score (nSPS) is 10.3. The molecule has 0 saturated heterocycles. The lowest BCUT2D eigenvalue weighted by Crippen LogP contribution is -2.12. The molecule has 2 aromatic rings. The van der Waals surface area contributed by atoms with Gasteiger partial charge in [0, 0.05) is 28.3 Å². The summed E-state index contributed by atoms with van der Waals surface area (Å²) in [5.74, 6) is -1.06. The molecule has 20 heavy (non-hydrogen) atoms. The predicted octanol–water partition coefficient (Wildman–Crippen LogP) is 3.26. The fraction of sp³-hybridized carbons (Fsp3) is 0.133. The summed E-state index contributed by atoms with van der Waals surface area (Å²) in [6.07, 6.45) is 1.99. The number of nitrogens with one attached hydrogen (secondary N) is 1. The largest absolute Gasteiger partial charge is 0.380 e.